The smallest absolute Gasteiger partial charge is 0.317 e. The maximum Gasteiger partial charge on any atom is 0.335 e. The highest BCUT2D eigenvalue weighted by Gasteiger charge is 2.37. The number of barbiturate groups is 1. The molecular formula is C22H16N4O5. The summed E-state index contributed by atoms with van der Waals surface area (Å²) < 4.78 is 1.61. The Hall–Kier alpha value is -4.53. The van der Waals surface area contributed by atoms with Crippen LogP contribution in [-0.2, 0) is 9.59 Å². The SMILES string of the molecule is Cc1ccccc1N1C(=O)NC(=O)/C(=C/c2cccn2-c2cccc([N+](=O)[O-])c2)C1=O. The van der Waals surface area contributed by atoms with Crippen LogP contribution in [0.1, 0.15) is 11.3 Å². The highest BCUT2D eigenvalue weighted by atomic mass is 16.6. The van der Waals surface area contributed by atoms with Crippen LogP contribution in [0.15, 0.2) is 72.4 Å². The van der Waals surface area contributed by atoms with Gasteiger partial charge < -0.3 is 4.57 Å². The van der Waals surface area contributed by atoms with Gasteiger partial charge in [0.25, 0.3) is 17.5 Å². The van der Waals surface area contributed by atoms with Gasteiger partial charge in [-0.3, -0.25) is 25.0 Å². The van der Waals surface area contributed by atoms with E-state index in [-0.39, 0.29) is 11.3 Å². The van der Waals surface area contributed by atoms with Gasteiger partial charge >= 0.3 is 6.03 Å². The van der Waals surface area contributed by atoms with Gasteiger partial charge in [0.05, 0.1) is 16.3 Å². The van der Waals surface area contributed by atoms with Crippen LogP contribution in [0, 0.1) is 17.0 Å². The van der Waals surface area contributed by atoms with Gasteiger partial charge in [0, 0.05) is 24.0 Å². The third-order valence-corrected chi connectivity index (χ3v) is 4.85. The average Bonchev–Trinajstić information content (AvgIpc) is 3.21. The van der Waals surface area contributed by atoms with Gasteiger partial charge in [-0.15, -0.1) is 0 Å². The first-order valence-corrected chi connectivity index (χ1v) is 9.26. The zero-order valence-corrected chi connectivity index (χ0v) is 16.3. The number of nitrogens with one attached hydrogen (secondary N) is 1. The van der Waals surface area contributed by atoms with Gasteiger partial charge in [0.1, 0.15) is 5.57 Å². The highest BCUT2D eigenvalue weighted by Crippen LogP contribution is 2.26. The molecule has 2 heterocycles. The number of amides is 4. The standard InChI is InChI=1S/C22H16N4O5/c1-14-6-2-3-10-19(14)25-21(28)18(20(27)23-22(25)29)13-16-9-5-11-24(16)15-7-4-8-17(12-15)26(30)31/h2-13H,1H3,(H,23,27,29)/b18-13-. The summed E-state index contributed by atoms with van der Waals surface area (Å²) in [6.45, 7) is 1.75. The average molecular weight is 416 g/mol. The van der Waals surface area contributed by atoms with E-state index in [1.807, 2.05) is 0 Å². The summed E-state index contributed by atoms with van der Waals surface area (Å²) in [5, 5.41) is 13.3. The van der Waals surface area contributed by atoms with Crippen LogP contribution in [0.25, 0.3) is 11.8 Å². The van der Waals surface area contributed by atoms with Crippen LogP contribution in [0.4, 0.5) is 16.2 Å². The Balaban J connectivity index is 1.77. The molecule has 0 unspecified atom stereocenters. The summed E-state index contributed by atoms with van der Waals surface area (Å²) in [4.78, 5) is 49.4. The molecule has 3 aromatic rings. The number of aromatic nitrogens is 1. The molecular weight excluding hydrogens is 400 g/mol. The van der Waals surface area contributed by atoms with Gasteiger partial charge in [0.15, 0.2) is 0 Å². The maximum atomic E-state index is 13.1. The number of hydrogen-bond donors (Lipinski definition) is 1. The number of urea groups is 1. The van der Waals surface area contributed by atoms with Crippen LogP contribution < -0.4 is 10.2 Å². The van der Waals surface area contributed by atoms with E-state index in [0.717, 1.165) is 4.90 Å². The molecule has 1 fully saturated rings. The lowest BCUT2D eigenvalue weighted by molar-refractivity contribution is -0.384. The van der Waals surface area contributed by atoms with Gasteiger partial charge in [-0.2, -0.15) is 0 Å². The number of nitrogens with zero attached hydrogens (tertiary/aromatic N) is 3. The molecule has 1 aromatic heterocycles. The van der Waals surface area contributed by atoms with Crippen molar-refractivity contribution >= 4 is 35.3 Å². The lowest BCUT2D eigenvalue weighted by Gasteiger charge is -2.27. The Morgan fingerprint density at radius 1 is 1.00 bits per heavy atom. The number of hydrogen-bond acceptors (Lipinski definition) is 5. The Morgan fingerprint density at radius 2 is 1.77 bits per heavy atom. The van der Waals surface area contributed by atoms with Crippen LogP contribution in [-0.4, -0.2) is 27.3 Å². The topological polar surface area (TPSA) is 115 Å². The first-order valence-electron chi connectivity index (χ1n) is 9.26. The maximum absolute atomic E-state index is 13.1. The lowest BCUT2D eigenvalue weighted by atomic mass is 10.1. The summed E-state index contributed by atoms with van der Waals surface area (Å²) in [6, 6.07) is 15.3. The number of nitro groups is 1. The zero-order chi connectivity index (χ0) is 22.1. The van der Waals surface area contributed by atoms with Gasteiger partial charge in [-0.05, 0) is 42.8 Å². The number of carbonyl (C=O) groups excluding carboxylic acids is 3. The zero-order valence-electron chi connectivity index (χ0n) is 16.3. The van der Waals surface area contributed by atoms with Crippen molar-refractivity contribution < 1.29 is 19.3 Å². The van der Waals surface area contributed by atoms with E-state index >= 15 is 0 Å². The predicted octanol–water partition coefficient (Wildman–Crippen LogP) is 3.36. The number of nitro benzene ring substituents is 1. The molecule has 9 heteroatoms. The molecule has 1 aliphatic rings. The molecule has 0 aliphatic carbocycles. The molecule has 1 N–H and O–H groups in total. The van der Waals surface area contributed by atoms with Gasteiger partial charge in [0.2, 0.25) is 0 Å². The molecule has 0 saturated carbocycles. The van der Waals surface area contributed by atoms with Gasteiger partial charge in [-0.25, -0.2) is 9.69 Å². The van der Waals surface area contributed by atoms with Crippen molar-refractivity contribution in [3.63, 3.8) is 0 Å². The first kappa shape index (κ1) is 19.8. The van der Waals surface area contributed by atoms with E-state index in [1.165, 1.54) is 18.2 Å². The molecule has 4 rings (SSSR count). The van der Waals surface area contributed by atoms with Crippen LogP contribution in [0.2, 0.25) is 0 Å². The van der Waals surface area contributed by atoms with Crippen molar-refractivity contribution in [2.75, 3.05) is 4.90 Å². The first-order chi connectivity index (χ1) is 14.9. The van der Waals surface area contributed by atoms with Crippen molar-refractivity contribution in [3.8, 4) is 5.69 Å². The quantitative estimate of drug-likeness (QED) is 0.303. The Labute approximate surface area is 176 Å². The molecule has 0 radical (unpaired) electrons. The van der Waals surface area contributed by atoms with Crippen LogP contribution in [0.5, 0.6) is 0 Å². The fourth-order valence-corrected chi connectivity index (χ4v) is 3.34. The number of rotatable bonds is 4. The number of carbonyl (C=O) groups is 3. The monoisotopic (exact) mass is 416 g/mol. The summed E-state index contributed by atoms with van der Waals surface area (Å²) in [6.07, 6.45) is 3.01. The highest BCUT2D eigenvalue weighted by molar-refractivity contribution is 6.39. The number of anilines is 1. The van der Waals surface area contributed by atoms with Crippen molar-refractivity contribution in [2.45, 2.75) is 6.92 Å². The Bertz CT molecular complexity index is 1270. The molecule has 4 amide bonds. The summed E-state index contributed by atoms with van der Waals surface area (Å²) in [5.41, 5.74) is 1.68. The largest absolute Gasteiger partial charge is 0.335 e. The summed E-state index contributed by atoms with van der Waals surface area (Å²) >= 11 is 0. The third-order valence-electron chi connectivity index (χ3n) is 4.85. The normalized spacial score (nSPS) is 15.3. The van der Waals surface area contributed by atoms with E-state index in [1.54, 1.807) is 66.2 Å². The number of aryl methyl sites for hydroxylation is 1. The van der Waals surface area contributed by atoms with E-state index in [2.05, 4.69) is 5.32 Å². The van der Waals surface area contributed by atoms with E-state index in [9.17, 15) is 24.5 Å². The molecule has 1 saturated heterocycles. The summed E-state index contributed by atoms with van der Waals surface area (Å²) in [5.74, 6) is -1.57. The van der Waals surface area contributed by atoms with Crippen LogP contribution in [0.3, 0.4) is 0 Å². The minimum Gasteiger partial charge on any atom is -0.317 e. The molecule has 9 nitrogen and oxygen atoms in total. The number of benzene rings is 2. The Morgan fingerprint density at radius 3 is 2.52 bits per heavy atom. The molecule has 154 valence electrons. The minimum atomic E-state index is -0.824. The van der Waals surface area contributed by atoms with E-state index in [0.29, 0.717) is 22.6 Å². The number of para-hydroxylation sites is 1. The predicted molar refractivity (Wildman–Crippen MR) is 113 cm³/mol. The van der Waals surface area contributed by atoms with Crippen molar-refractivity contribution in [3.05, 3.63) is 93.8 Å². The van der Waals surface area contributed by atoms with Gasteiger partial charge in [-0.1, -0.05) is 24.3 Å². The molecule has 0 atom stereocenters. The molecule has 0 bridgehead atoms. The third kappa shape index (κ3) is 3.60. The fourth-order valence-electron chi connectivity index (χ4n) is 3.34. The second-order valence-corrected chi connectivity index (χ2v) is 6.82. The second-order valence-electron chi connectivity index (χ2n) is 6.82. The van der Waals surface area contributed by atoms with Crippen molar-refractivity contribution in [1.29, 1.82) is 0 Å². The van der Waals surface area contributed by atoms with Crippen molar-refractivity contribution in [1.82, 2.24) is 9.88 Å². The Kier molecular flexibility index (Phi) is 4.92. The van der Waals surface area contributed by atoms with E-state index in [4.69, 9.17) is 0 Å². The molecule has 1 aliphatic heterocycles. The van der Waals surface area contributed by atoms with Crippen molar-refractivity contribution in [2.24, 2.45) is 0 Å². The molecule has 0 spiro atoms. The molecule has 31 heavy (non-hydrogen) atoms. The molecule has 2 aromatic carbocycles. The second kappa shape index (κ2) is 7.71. The van der Waals surface area contributed by atoms with Crippen LogP contribution >= 0.6 is 0 Å². The summed E-state index contributed by atoms with van der Waals surface area (Å²) in [7, 11) is 0. The number of non-ortho nitro benzene ring substituents is 1. The van der Waals surface area contributed by atoms with E-state index < -0.39 is 22.8 Å². The fraction of sp³-hybridized carbons (Fsp3) is 0.0455. The lowest BCUT2D eigenvalue weighted by Crippen LogP contribution is -2.54. The number of imide groups is 2. The minimum absolute atomic E-state index is 0.0902.